The smallest absolute Gasteiger partial charge is 0.323 e. The first-order valence-corrected chi connectivity index (χ1v) is 5.67. The van der Waals surface area contributed by atoms with E-state index in [4.69, 9.17) is 4.74 Å². The van der Waals surface area contributed by atoms with Crippen LogP contribution in [0.3, 0.4) is 0 Å². The lowest BCUT2D eigenvalue weighted by atomic mass is 10.5. The highest BCUT2D eigenvalue weighted by atomic mass is 16.5. The molecule has 6 heteroatoms. The van der Waals surface area contributed by atoms with Gasteiger partial charge < -0.3 is 15.0 Å². The van der Waals surface area contributed by atoms with Crippen LogP contribution in [-0.2, 0) is 0 Å². The summed E-state index contributed by atoms with van der Waals surface area (Å²) in [7, 11) is 1.76. The Bertz CT molecular complexity index is 365. The molecule has 0 aliphatic rings. The van der Waals surface area contributed by atoms with Crippen molar-refractivity contribution in [3.05, 3.63) is 12.7 Å². The number of aromatic nitrogens is 3. The summed E-state index contributed by atoms with van der Waals surface area (Å²) in [4.78, 5) is 14.7. The molecule has 17 heavy (non-hydrogen) atoms. The molecule has 6 nitrogen and oxygen atoms in total. The summed E-state index contributed by atoms with van der Waals surface area (Å²) >= 11 is 0. The number of hydrogen-bond acceptors (Lipinski definition) is 6. The van der Waals surface area contributed by atoms with E-state index in [1.165, 1.54) is 0 Å². The predicted molar refractivity (Wildman–Crippen MR) is 68.6 cm³/mol. The van der Waals surface area contributed by atoms with Crippen molar-refractivity contribution in [3.63, 3.8) is 0 Å². The first-order valence-electron chi connectivity index (χ1n) is 5.67. The molecule has 0 saturated heterocycles. The van der Waals surface area contributed by atoms with E-state index in [2.05, 4.69) is 40.7 Å². The van der Waals surface area contributed by atoms with Crippen molar-refractivity contribution in [1.82, 2.24) is 15.0 Å². The molecule has 1 rings (SSSR count). The van der Waals surface area contributed by atoms with Crippen LogP contribution in [0.2, 0.25) is 0 Å². The standard InChI is InChI=1S/C11H19N5O/c1-5-8-17-11-14-9(12-4)13-10(15-11)16(6-2)7-3/h5H,1,6-8H2,2-4H3,(H,12,13,14,15). The van der Waals surface area contributed by atoms with Crippen molar-refractivity contribution in [3.8, 4) is 6.01 Å². The molecule has 0 radical (unpaired) electrons. The molecule has 0 saturated carbocycles. The summed E-state index contributed by atoms with van der Waals surface area (Å²) in [5.41, 5.74) is 0. The highest BCUT2D eigenvalue weighted by molar-refractivity contribution is 5.37. The van der Waals surface area contributed by atoms with Crippen LogP contribution in [0, 0.1) is 0 Å². The fourth-order valence-electron chi connectivity index (χ4n) is 1.30. The number of nitrogens with one attached hydrogen (secondary N) is 1. The van der Waals surface area contributed by atoms with Crippen LogP contribution in [0.5, 0.6) is 6.01 Å². The largest absolute Gasteiger partial charge is 0.459 e. The Kier molecular flexibility index (Phi) is 5.19. The number of hydrogen-bond donors (Lipinski definition) is 1. The first-order chi connectivity index (χ1) is 8.24. The van der Waals surface area contributed by atoms with Gasteiger partial charge >= 0.3 is 6.01 Å². The molecule has 1 N–H and O–H groups in total. The molecule has 0 aliphatic heterocycles. The summed E-state index contributed by atoms with van der Waals surface area (Å²) in [6.07, 6.45) is 1.65. The van der Waals surface area contributed by atoms with E-state index in [9.17, 15) is 0 Å². The van der Waals surface area contributed by atoms with Gasteiger partial charge in [0.2, 0.25) is 11.9 Å². The van der Waals surface area contributed by atoms with Crippen LogP contribution in [0.1, 0.15) is 13.8 Å². The van der Waals surface area contributed by atoms with Crippen LogP contribution >= 0.6 is 0 Å². The van der Waals surface area contributed by atoms with Gasteiger partial charge in [-0.15, -0.1) is 0 Å². The minimum atomic E-state index is 0.311. The lowest BCUT2D eigenvalue weighted by molar-refractivity contribution is 0.332. The van der Waals surface area contributed by atoms with Crippen molar-refractivity contribution >= 4 is 11.9 Å². The lowest BCUT2D eigenvalue weighted by Gasteiger charge is -2.19. The Labute approximate surface area is 102 Å². The maximum atomic E-state index is 5.33. The van der Waals surface area contributed by atoms with E-state index >= 15 is 0 Å². The van der Waals surface area contributed by atoms with Gasteiger partial charge in [0.25, 0.3) is 0 Å². The van der Waals surface area contributed by atoms with Crippen LogP contribution in [0.25, 0.3) is 0 Å². The minimum absolute atomic E-state index is 0.311. The van der Waals surface area contributed by atoms with Gasteiger partial charge in [-0.1, -0.05) is 12.7 Å². The molecule has 1 aromatic heterocycles. The number of rotatable bonds is 7. The molecule has 94 valence electrons. The molecule has 0 spiro atoms. The van der Waals surface area contributed by atoms with Gasteiger partial charge in [-0.25, -0.2) is 0 Å². The molecule has 1 aromatic rings. The molecular formula is C11H19N5O. The Morgan fingerprint density at radius 3 is 2.53 bits per heavy atom. The van der Waals surface area contributed by atoms with Crippen molar-refractivity contribution < 1.29 is 4.74 Å². The zero-order valence-electron chi connectivity index (χ0n) is 10.6. The highest BCUT2D eigenvalue weighted by Crippen LogP contribution is 2.14. The molecule has 0 aliphatic carbocycles. The van der Waals surface area contributed by atoms with Gasteiger partial charge in [-0.3, -0.25) is 0 Å². The highest BCUT2D eigenvalue weighted by Gasteiger charge is 2.10. The van der Waals surface area contributed by atoms with E-state index in [0.29, 0.717) is 24.5 Å². The SMILES string of the molecule is C=CCOc1nc(NC)nc(N(CC)CC)n1. The van der Waals surface area contributed by atoms with Crippen LogP contribution in [-0.4, -0.2) is 41.7 Å². The third-order valence-electron chi connectivity index (χ3n) is 2.20. The number of ether oxygens (including phenoxy) is 1. The number of anilines is 2. The lowest BCUT2D eigenvalue weighted by Crippen LogP contribution is -2.25. The van der Waals surface area contributed by atoms with Crippen molar-refractivity contribution in [2.24, 2.45) is 0 Å². The van der Waals surface area contributed by atoms with E-state index in [0.717, 1.165) is 13.1 Å². The van der Waals surface area contributed by atoms with E-state index in [1.807, 2.05) is 4.90 Å². The molecule has 0 bridgehead atoms. The summed E-state index contributed by atoms with van der Waals surface area (Å²) in [6.45, 7) is 9.75. The molecule has 0 aromatic carbocycles. The van der Waals surface area contributed by atoms with Crippen LogP contribution in [0.15, 0.2) is 12.7 Å². The topological polar surface area (TPSA) is 63.2 Å². The summed E-state index contributed by atoms with van der Waals surface area (Å²) < 4.78 is 5.33. The molecule has 0 fully saturated rings. The van der Waals surface area contributed by atoms with Gasteiger partial charge in [0.1, 0.15) is 6.61 Å². The van der Waals surface area contributed by atoms with Crippen LogP contribution in [0.4, 0.5) is 11.9 Å². The van der Waals surface area contributed by atoms with Crippen LogP contribution < -0.4 is 15.0 Å². The van der Waals surface area contributed by atoms with Gasteiger partial charge in [-0.2, -0.15) is 15.0 Å². The van der Waals surface area contributed by atoms with Gasteiger partial charge in [0.05, 0.1) is 0 Å². The second kappa shape index (κ2) is 6.67. The maximum absolute atomic E-state index is 5.33. The van der Waals surface area contributed by atoms with E-state index in [-0.39, 0.29) is 0 Å². The van der Waals surface area contributed by atoms with Crippen molar-refractivity contribution in [1.29, 1.82) is 0 Å². The third-order valence-corrected chi connectivity index (χ3v) is 2.20. The molecule has 0 amide bonds. The third kappa shape index (κ3) is 3.58. The fourth-order valence-corrected chi connectivity index (χ4v) is 1.30. The first kappa shape index (κ1) is 13.2. The van der Waals surface area contributed by atoms with Crippen molar-refractivity contribution in [2.45, 2.75) is 13.8 Å². The molecule has 0 unspecified atom stereocenters. The monoisotopic (exact) mass is 237 g/mol. The van der Waals surface area contributed by atoms with E-state index in [1.54, 1.807) is 13.1 Å². The Balaban J connectivity index is 2.99. The molecule has 1 heterocycles. The van der Waals surface area contributed by atoms with E-state index < -0.39 is 0 Å². The summed E-state index contributed by atoms with van der Waals surface area (Å²) in [5.74, 6) is 1.12. The Morgan fingerprint density at radius 2 is 2.00 bits per heavy atom. The van der Waals surface area contributed by atoms with Crippen molar-refractivity contribution in [2.75, 3.05) is 37.0 Å². The number of nitrogens with zero attached hydrogens (tertiary/aromatic N) is 4. The predicted octanol–water partition coefficient (Wildman–Crippen LogP) is 1.32. The average molecular weight is 237 g/mol. The van der Waals surface area contributed by atoms with Gasteiger partial charge in [0.15, 0.2) is 0 Å². The average Bonchev–Trinajstić information content (AvgIpc) is 2.37. The normalized spacial score (nSPS) is 9.82. The second-order valence-corrected chi connectivity index (χ2v) is 3.26. The quantitative estimate of drug-likeness (QED) is 0.722. The second-order valence-electron chi connectivity index (χ2n) is 3.26. The summed E-state index contributed by atoms with van der Waals surface area (Å²) in [6, 6.07) is 0.311. The molecule has 0 atom stereocenters. The Hall–Kier alpha value is -1.85. The van der Waals surface area contributed by atoms with Gasteiger partial charge in [-0.05, 0) is 13.8 Å². The summed E-state index contributed by atoms with van der Waals surface area (Å²) in [5, 5.41) is 2.89. The minimum Gasteiger partial charge on any atom is -0.459 e. The zero-order valence-corrected chi connectivity index (χ0v) is 10.6. The maximum Gasteiger partial charge on any atom is 0.323 e. The van der Waals surface area contributed by atoms with Gasteiger partial charge in [0, 0.05) is 20.1 Å². The molecular weight excluding hydrogens is 218 g/mol. The Morgan fingerprint density at radius 1 is 1.29 bits per heavy atom. The fraction of sp³-hybridized carbons (Fsp3) is 0.545. The zero-order chi connectivity index (χ0) is 12.7.